The molecule has 0 aliphatic heterocycles. The summed E-state index contributed by atoms with van der Waals surface area (Å²) >= 11 is 0. The van der Waals surface area contributed by atoms with Crippen molar-refractivity contribution in [1.29, 1.82) is 0 Å². The number of para-hydroxylation sites is 1. The molecule has 0 bridgehead atoms. The van der Waals surface area contributed by atoms with E-state index in [2.05, 4.69) is 5.10 Å². The van der Waals surface area contributed by atoms with E-state index >= 15 is 0 Å². The van der Waals surface area contributed by atoms with Crippen LogP contribution in [0, 0.1) is 0 Å². The lowest BCUT2D eigenvalue weighted by Gasteiger charge is -2.01. The van der Waals surface area contributed by atoms with Gasteiger partial charge < -0.3 is 15.3 Å². The highest BCUT2D eigenvalue weighted by molar-refractivity contribution is 5.93. The Morgan fingerprint density at radius 3 is 2.89 bits per heavy atom. The van der Waals surface area contributed by atoms with Crippen molar-refractivity contribution >= 4 is 23.2 Å². The predicted octanol–water partition coefficient (Wildman–Crippen LogP) is 0.501. The Labute approximate surface area is 101 Å². The van der Waals surface area contributed by atoms with Crippen LogP contribution in [-0.4, -0.2) is 17.4 Å². The van der Waals surface area contributed by atoms with Crippen LogP contribution < -0.4 is 16.8 Å². The Morgan fingerprint density at radius 1 is 1.44 bits per heavy atom. The minimum absolute atomic E-state index is 0.164. The molecule has 2 rings (SSSR count). The average molecular weight is 247 g/mol. The fourth-order valence-corrected chi connectivity index (χ4v) is 1.42. The molecular formula is C11H9N3O4. The molecule has 0 aliphatic carbocycles. The first-order valence-electron chi connectivity index (χ1n) is 4.93. The van der Waals surface area contributed by atoms with E-state index in [-0.39, 0.29) is 16.9 Å². The van der Waals surface area contributed by atoms with Crippen LogP contribution in [0.5, 0.6) is 5.75 Å². The number of carbonyl (C=O) groups is 1. The van der Waals surface area contributed by atoms with E-state index in [4.69, 9.17) is 10.2 Å². The topological polar surface area (TPSA) is 118 Å². The standard InChI is InChI=1S/C11H9N3O4/c12-11(17)14-13-5-7-9(15)6-3-1-2-4-8(6)18-10(7)16/h1-5,15H,(H3,12,14,17)/b13-5+. The maximum Gasteiger partial charge on any atom is 0.349 e. The largest absolute Gasteiger partial charge is 0.506 e. The fraction of sp³-hybridized carbons (Fsp3) is 0. The van der Waals surface area contributed by atoms with E-state index < -0.39 is 11.7 Å². The first kappa shape index (κ1) is 11.6. The highest BCUT2D eigenvalue weighted by atomic mass is 16.4. The minimum atomic E-state index is -0.879. The molecule has 0 spiro atoms. The normalized spacial score (nSPS) is 10.9. The van der Waals surface area contributed by atoms with Crippen molar-refractivity contribution in [2.24, 2.45) is 10.8 Å². The number of amides is 2. The number of urea groups is 1. The van der Waals surface area contributed by atoms with Gasteiger partial charge in [-0.1, -0.05) is 12.1 Å². The molecule has 2 amide bonds. The van der Waals surface area contributed by atoms with Gasteiger partial charge in [0.1, 0.15) is 16.9 Å². The molecule has 7 nitrogen and oxygen atoms in total. The first-order chi connectivity index (χ1) is 8.59. The smallest absolute Gasteiger partial charge is 0.349 e. The van der Waals surface area contributed by atoms with Gasteiger partial charge in [-0.25, -0.2) is 15.0 Å². The second kappa shape index (κ2) is 4.58. The zero-order chi connectivity index (χ0) is 13.1. The number of benzene rings is 1. The van der Waals surface area contributed by atoms with Gasteiger partial charge in [0, 0.05) is 0 Å². The lowest BCUT2D eigenvalue weighted by molar-refractivity contribution is 0.249. The molecule has 4 N–H and O–H groups in total. The number of hydrogen-bond donors (Lipinski definition) is 3. The SMILES string of the molecule is NC(=O)N/N=C/c1c(O)c2ccccc2oc1=O. The van der Waals surface area contributed by atoms with Crippen LogP contribution in [0.15, 0.2) is 38.6 Å². The molecule has 7 heteroatoms. The molecule has 2 aromatic rings. The number of nitrogens with two attached hydrogens (primary N) is 1. The molecule has 92 valence electrons. The summed E-state index contributed by atoms with van der Waals surface area (Å²) in [6.45, 7) is 0. The molecule has 0 saturated carbocycles. The summed E-state index contributed by atoms with van der Waals surface area (Å²) in [6.07, 6.45) is 0.971. The summed E-state index contributed by atoms with van der Waals surface area (Å²) in [4.78, 5) is 22.0. The maximum atomic E-state index is 11.6. The van der Waals surface area contributed by atoms with Gasteiger partial charge in [0.15, 0.2) is 0 Å². The molecule has 0 fully saturated rings. The van der Waals surface area contributed by atoms with Crippen LogP contribution >= 0.6 is 0 Å². The summed E-state index contributed by atoms with van der Waals surface area (Å²) in [7, 11) is 0. The van der Waals surface area contributed by atoms with Crippen LogP contribution in [0.3, 0.4) is 0 Å². The monoisotopic (exact) mass is 247 g/mol. The molecule has 18 heavy (non-hydrogen) atoms. The Kier molecular flexibility index (Phi) is 2.96. The summed E-state index contributed by atoms with van der Waals surface area (Å²) in [5.41, 5.74) is 6.05. The van der Waals surface area contributed by atoms with Crippen molar-refractivity contribution in [3.63, 3.8) is 0 Å². The van der Waals surface area contributed by atoms with Gasteiger partial charge in [0.2, 0.25) is 0 Å². The summed E-state index contributed by atoms with van der Waals surface area (Å²) in [6, 6.07) is 5.62. The van der Waals surface area contributed by atoms with Crippen molar-refractivity contribution in [2.75, 3.05) is 0 Å². The number of rotatable bonds is 2. The molecule has 0 aliphatic rings. The Bertz CT molecular complexity index is 690. The van der Waals surface area contributed by atoms with Gasteiger partial charge in [-0.15, -0.1) is 0 Å². The van der Waals surface area contributed by atoms with Crippen molar-refractivity contribution in [2.45, 2.75) is 0 Å². The van der Waals surface area contributed by atoms with E-state index in [1.807, 2.05) is 5.43 Å². The van der Waals surface area contributed by atoms with Crippen LogP contribution in [-0.2, 0) is 0 Å². The number of hydrogen-bond acceptors (Lipinski definition) is 5. The molecule has 0 atom stereocenters. The third-order valence-corrected chi connectivity index (χ3v) is 2.19. The van der Waals surface area contributed by atoms with Gasteiger partial charge in [-0.05, 0) is 12.1 Å². The lowest BCUT2D eigenvalue weighted by atomic mass is 10.1. The zero-order valence-electron chi connectivity index (χ0n) is 9.08. The van der Waals surface area contributed by atoms with Gasteiger partial charge in [0.25, 0.3) is 0 Å². The van der Waals surface area contributed by atoms with Gasteiger partial charge >= 0.3 is 11.7 Å². The number of hydrazone groups is 1. The van der Waals surface area contributed by atoms with Crippen LogP contribution in [0.1, 0.15) is 5.56 Å². The third kappa shape index (κ3) is 2.14. The Morgan fingerprint density at radius 2 is 2.17 bits per heavy atom. The minimum Gasteiger partial charge on any atom is -0.506 e. The average Bonchev–Trinajstić information content (AvgIpc) is 2.33. The van der Waals surface area contributed by atoms with Crippen molar-refractivity contribution < 1.29 is 14.3 Å². The van der Waals surface area contributed by atoms with Crippen LogP contribution in [0.25, 0.3) is 11.0 Å². The predicted molar refractivity (Wildman–Crippen MR) is 64.5 cm³/mol. The molecule has 0 saturated heterocycles. The van der Waals surface area contributed by atoms with Gasteiger partial charge in [-0.2, -0.15) is 5.10 Å². The molecule has 1 aromatic carbocycles. The summed E-state index contributed by atoms with van der Waals surface area (Å²) in [5.74, 6) is -0.267. The Hall–Kier alpha value is -2.83. The van der Waals surface area contributed by atoms with E-state index in [0.717, 1.165) is 6.21 Å². The highest BCUT2D eigenvalue weighted by Gasteiger charge is 2.11. The molecule has 0 unspecified atom stereocenters. The quantitative estimate of drug-likeness (QED) is 0.406. The number of nitrogens with one attached hydrogen (secondary N) is 1. The second-order valence-electron chi connectivity index (χ2n) is 3.38. The van der Waals surface area contributed by atoms with Gasteiger partial charge in [-0.3, -0.25) is 0 Å². The van der Waals surface area contributed by atoms with E-state index in [9.17, 15) is 14.7 Å². The maximum absolute atomic E-state index is 11.6. The number of fused-ring (bicyclic) bond motifs is 1. The van der Waals surface area contributed by atoms with Crippen molar-refractivity contribution in [3.05, 3.63) is 40.2 Å². The second-order valence-corrected chi connectivity index (χ2v) is 3.38. The Balaban J connectivity index is 2.54. The van der Waals surface area contributed by atoms with E-state index in [1.54, 1.807) is 24.3 Å². The third-order valence-electron chi connectivity index (χ3n) is 2.19. The summed E-state index contributed by atoms with van der Waals surface area (Å²) < 4.78 is 4.98. The fourth-order valence-electron chi connectivity index (χ4n) is 1.42. The van der Waals surface area contributed by atoms with Crippen LogP contribution in [0.4, 0.5) is 4.79 Å². The van der Waals surface area contributed by atoms with E-state index in [1.165, 1.54) is 0 Å². The molecule has 0 radical (unpaired) electrons. The van der Waals surface area contributed by atoms with Gasteiger partial charge in [0.05, 0.1) is 11.6 Å². The lowest BCUT2D eigenvalue weighted by Crippen LogP contribution is -2.24. The molecular weight excluding hydrogens is 238 g/mol. The number of aromatic hydroxyl groups is 1. The van der Waals surface area contributed by atoms with Crippen molar-refractivity contribution in [1.82, 2.24) is 5.43 Å². The first-order valence-corrected chi connectivity index (χ1v) is 4.93. The summed E-state index contributed by atoms with van der Waals surface area (Å²) in [5, 5.41) is 13.7. The number of nitrogens with zero attached hydrogens (tertiary/aromatic N) is 1. The number of primary amides is 1. The zero-order valence-corrected chi connectivity index (χ0v) is 9.08. The highest BCUT2D eigenvalue weighted by Crippen LogP contribution is 2.24. The molecule has 1 aromatic heterocycles. The number of carbonyl (C=O) groups excluding carboxylic acids is 1. The van der Waals surface area contributed by atoms with Crippen molar-refractivity contribution in [3.8, 4) is 5.75 Å². The molecule has 1 heterocycles. The van der Waals surface area contributed by atoms with Crippen LogP contribution in [0.2, 0.25) is 0 Å². The van der Waals surface area contributed by atoms with E-state index in [0.29, 0.717) is 5.39 Å².